The van der Waals surface area contributed by atoms with Gasteiger partial charge in [-0.05, 0) is 55.8 Å². The van der Waals surface area contributed by atoms with Crippen LogP contribution in [0.2, 0.25) is 5.02 Å². The number of ether oxygens (including phenoxy) is 3. The number of esters is 1. The molecule has 6 nitrogen and oxygen atoms in total. The highest BCUT2D eigenvalue weighted by molar-refractivity contribution is 6.30. The van der Waals surface area contributed by atoms with Crippen molar-refractivity contribution in [3.8, 4) is 11.5 Å². The Morgan fingerprint density at radius 1 is 0.963 bits per heavy atom. The standard InChI is InChI=1S/C20H22ClNO5/c1-3-25-17-8-10-18(11-9-17)26-13-20(24)27-12-19(23)22-14(2)15-4-6-16(21)7-5-15/h4-11,14H,3,12-13H2,1-2H3,(H,22,23)/t14-/m1/s1. The molecule has 0 saturated carbocycles. The third-order valence-corrected chi connectivity index (χ3v) is 3.86. The van der Waals surface area contributed by atoms with E-state index in [1.165, 1.54) is 0 Å². The largest absolute Gasteiger partial charge is 0.494 e. The van der Waals surface area contributed by atoms with Gasteiger partial charge in [0, 0.05) is 5.02 Å². The number of hydrogen-bond donors (Lipinski definition) is 1. The average molecular weight is 392 g/mol. The van der Waals surface area contributed by atoms with Crippen molar-refractivity contribution in [2.24, 2.45) is 0 Å². The lowest BCUT2D eigenvalue weighted by Crippen LogP contribution is -2.31. The normalized spacial score (nSPS) is 11.4. The summed E-state index contributed by atoms with van der Waals surface area (Å²) in [5.41, 5.74) is 0.901. The molecule has 2 aromatic rings. The van der Waals surface area contributed by atoms with E-state index in [0.717, 1.165) is 11.3 Å². The highest BCUT2D eigenvalue weighted by atomic mass is 35.5. The van der Waals surface area contributed by atoms with Gasteiger partial charge in [-0.1, -0.05) is 23.7 Å². The van der Waals surface area contributed by atoms with Gasteiger partial charge in [0.1, 0.15) is 11.5 Å². The molecule has 2 aromatic carbocycles. The molecule has 2 rings (SSSR count). The lowest BCUT2D eigenvalue weighted by Gasteiger charge is -2.14. The summed E-state index contributed by atoms with van der Waals surface area (Å²) in [6.07, 6.45) is 0. The molecule has 0 bridgehead atoms. The van der Waals surface area contributed by atoms with Crippen LogP contribution in [0.25, 0.3) is 0 Å². The predicted molar refractivity (Wildman–Crippen MR) is 102 cm³/mol. The summed E-state index contributed by atoms with van der Waals surface area (Å²) in [5.74, 6) is 0.208. The third kappa shape index (κ3) is 7.19. The van der Waals surface area contributed by atoms with Crippen LogP contribution in [0, 0.1) is 0 Å². The molecule has 7 heteroatoms. The van der Waals surface area contributed by atoms with Crippen LogP contribution in [-0.4, -0.2) is 31.7 Å². The molecule has 27 heavy (non-hydrogen) atoms. The van der Waals surface area contributed by atoms with E-state index in [2.05, 4.69) is 5.32 Å². The maximum Gasteiger partial charge on any atom is 0.344 e. The number of carbonyl (C=O) groups is 2. The zero-order chi connectivity index (χ0) is 19.6. The Morgan fingerprint density at radius 3 is 2.15 bits per heavy atom. The number of halogens is 1. The zero-order valence-corrected chi connectivity index (χ0v) is 16.0. The van der Waals surface area contributed by atoms with Crippen molar-refractivity contribution in [2.45, 2.75) is 19.9 Å². The van der Waals surface area contributed by atoms with Crippen LogP contribution in [0.15, 0.2) is 48.5 Å². The van der Waals surface area contributed by atoms with Crippen LogP contribution in [-0.2, 0) is 14.3 Å². The average Bonchev–Trinajstić information content (AvgIpc) is 2.66. The number of benzene rings is 2. The van der Waals surface area contributed by atoms with Gasteiger partial charge in [0.2, 0.25) is 0 Å². The Morgan fingerprint density at radius 2 is 1.56 bits per heavy atom. The van der Waals surface area contributed by atoms with Gasteiger partial charge < -0.3 is 19.5 Å². The molecule has 0 aromatic heterocycles. The second-order valence-corrected chi connectivity index (χ2v) is 6.13. The van der Waals surface area contributed by atoms with Gasteiger partial charge in [-0.2, -0.15) is 0 Å². The van der Waals surface area contributed by atoms with Crippen LogP contribution in [0.1, 0.15) is 25.5 Å². The Bertz CT molecular complexity index is 746. The lowest BCUT2D eigenvalue weighted by molar-refractivity contribution is -0.150. The van der Waals surface area contributed by atoms with Gasteiger partial charge in [0.15, 0.2) is 13.2 Å². The maximum atomic E-state index is 11.9. The summed E-state index contributed by atoms with van der Waals surface area (Å²) >= 11 is 5.84. The fourth-order valence-electron chi connectivity index (χ4n) is 2.25. The first kappa shape index (κ1) is 20.6. The fourth-order valence-corrected chi connectivity index (χ4v) is 2.37. The smallest absolute Gasteiger partial charge is 0.344 e. The minimum Gasteiger partial charge on any atom is -0.494 e. The monoisotopic (exact) mass is 391 g/mol. The third-order valence-electron chi connectivity index (χ3n) is 3.60. The van der Waals surface area contributed by atoms with Crippen LogP contribution < -0.4 is 14.8 Å². The first-order valence-corrected chi connectivity index (χ1v) is 8.92. The number of hydrogen-bond acceptors (Lipinski definition) is 5. The van der Waals surface area contributed by atoms with E-state index in [-0.39, 0.29) is 19.3 Å². The van der Waals surface area contributed by atoms with Crippen molar-refractivity contribution in [2.75, 3.05) is 19.8 Å². The quantitative estimate of drug-likeness (QED) is 0.662. The number of rotatable bonds is 9. The van der Waals surface area contributed by atoms with Gasteiger partial charge in [-0.25, -0.2) is 4.79 Å². The molecule has 1 atom stereocenters. The van der Waals surface area contributed by atoms with Gasteiger partial charge in [0.05, 0.1) is 12.6 Å². The second-order valence-electron chi connectivity index (χ2n) is 5.69. The maximum absolute atomic E-state index is 11.9. The first-order chi connectivity index (χ1) is 13.0. The van der Waals surface area contributed by atoms with Crippen LogP contribution in [0.3, 0.4) is 0 Å². The molecule has 0 aliphatic heterocycles. The van der Waals surface area contributed by atoms with Crippen molar-refractivity contribution in [1.29, 1.82) is 0 Å². The van der Waals surface area contributed by atoms with E-state index in [4.69, 9.17) is 25.8 Å². The molecule has 1 N–H and O–H groups in total. The zero-order valence-electron chi connectivity index (χ0n) is 15.2. The summed E-state index contributed by atoms with van der Waals surface area (Å²) in [4.78, 5) is 23.6. The molecule has 0 unspecified atom stereocenters. The SMILES string of the molecule is CCOc1ccc(OCC(=O)OCC(=O)N[C@H](C)c2ccc(Cl)cc2)cc1. The van der Waals surface area contributed by atoms with Crippen LogP contribution in [0.4, 0.5) is 0 Å². The summed E-state index contributed by atoms with van der Waals surface area (Å²) in [6.45, 7) is 3.65. The fraction of sp³-hybridized carbons (Fsp3) is 0.300. The van der Waals surface area contributed by atoms with Crippen LogP contribution in [0.5, 0.6) is 11.5 Å². The van der Waals surface area contributed by atoms with E-state index in [0.29, 0.717) is 17.4 Å². The van der Waals surface area contributed by atoms with Crippen LogP contribution >= 0.6 is 11.6 Å². The van der Waals surface area contributed by atoms with E-state index in [9.17, 15) is 9.59 Å². The molecule has 0 heterocycles. The molecular weight excluding hydrogens is 370 g/mol. The molecule has 0 aliphatic carbocycles. The van der Waals surface area contributed by atoms with E-state index in [1.807, 2.05) is 26.0 Å². The summed E-state index contributed by atoms with van der Waals surface area (Å²) in [7, 11) is 0. The van der Waals surface area contributed by atoms with E-state index < -0.39 is 11.9 Å². The molecule has 0 fully saturated rings. The van der Waals surface area contributed by atoms with E-state index >= 15 is 0 Å². The first-order valence-electron chi connectivity index (χ1n) is 8.54. The minimum atomic E-state index is -0.627. The van der Waals surface area contributed by atoms with Crippen molar-refractivity contribution in [1.82, 2.24) is 5.32 Å². The molecule has 0 saturated heterocycles. The number of nitrogens with one attached hydrogen (secondary N) is 1. The summed E-state index contributed by atoms with van der Waals surface area (Å²) < 4.78 is 15.6. The number of carbonyl (C=O) groups excluding carboxylic acids is 2. The van der Waals surface area contributed by atoms with Crippen molar-refractivity contribution < 1.29 is 23.8 Å². The lowest BCUT2D eigenvalue weighted by atomic mass is 10.1. The Kier molecular flexibility index (Phi) is 7.95. The Balaban J connectivity index is 1.69. The molecule has 0 aliphatic rings. The topological polar surface area (TPSA) is 73.9 Å². The van der Waals surface area contributed by atoms with Gasteiger partial charge in [-0.3, -0.25) is 4.79 Å². The van der Waals surface area contributed by atoms with Crippen molar-refractivity contribution >= 4 is 23.5 Å². The molecular formula is C20H22ClNO5. The Labute approximate surface area is 163 Å². The molecule has 0 spiro atoms. The van der Waals surface area contributed by atoms with Gasteiger partial charge in [-0.15, -0.1) is 0 Å². The molecule has 144 valence electrons. The van der Waals surface area contributed by atoms with Gasteiger partial charge >= 0.3 is 5.97 Å². The second kappa shape index (κ2) is 10.4. The highest BCUT2D eigenvalue weighted by Gasteiger charge is 2.12. The molecule has 0 radical (unpaired) electrons. The van der Waals surface area contributed by atoms with Crippen molar-refractivity contribution in [3.63, 3.8) is 0 Å². The van der Waals surface area contributed by atoms with E-state index in [1.54, 1.807) is 36.4 Å². The number of amides is 1. The van der Waals surface area contributed by atoms with Gasteiger partial charge in [0.25, 0.3) is 5.91 Å². The minimum absolute atomic E-state index is 0.228. The molecule has 1 amide bonds. The Hall–Kier alpha value is -2.73. The summed E-state index contributed by atoms with van der Waals surface area (Å²) in [5, 5.41) is 3.37. The summed E-state index contributed by atoms with van der Waals surface area (Å²) in [6, 6.07) is 13.8. The predicted octanol–water partition coefficient (Wildman–Crippen LogP) is 3.54. The van der Waals surface area contributed by atoms with Crippen molar-refractivity contribution in [3.05, 3.63) is 59.1 Å². The highest BCUT2D eigenvalue weighted by Crippen LogP contribution is 2.17.